The van der Waals surface area contributed by atoms with Crippen LogP contribution in [0.2, 0.25) is 0 Å². The number of non-ortho nitro benzene ring substituents is 1. The molecule has 0 fully saturated rings. The van der Waals surface area contributed by atoms with E-state index in [1.165, 1.54) is 19.2 Å². The molecule has 0 aliphatic carbocycles. The maximum absolute atomic E-state index is 12.9. The molecule has 2 aromatic carbocycles. The minimum absolute atomic E-state index is 0.0777. The van der Waals surface area contributed by atoms with Crippen LogP contribution in [0.15, 0.2) is 47.4 Å². The van der Waals surface area contributed by atoms with Crippen LogP contribution >= 0.6 is 0 Å². The van der Waals surface area contributed by atoms with Crippen LogP contribution in [-0.4, -0.2) is 32.1 Å². The summed E-state index contributed by atoms with van der Waals surface area (Å²) in [7, 11) is -2.46. The number of anilines is 1. The molecule has 2 rings (SSSR count). The van der Waals surface area contributed by atoms with Crippen LogP contribution in [0, 0.1) is 15.9 Å². The SMILES string of the molecule is COc1cc([N+](=O)[O-])ccc1NC(=O)CCS(=O)(=O)c1ccc(F)cc1. The molecule has 0 spiro atoms. The van der Waals surface area contributed by atoms with Crippen molar-refractivity contribution in [3.8, 4) is 5.75 Å². The summed E-state index contributed by atoms with van der Waals surface area (Å²) in [6.07, 6.45) is -0.347. The second-order valence-corrected chi connectivity index (χ2v) is 7.32. The quantitative estimate of drug-likeness (QED) is 0.447. The summed E-state index contributed by atoms with van der Waals surface area (Å²) in [6, 6.07) is 7.93. The third-order valence-corrected chi connectivity index (χ3v) is 5.17. The first kappa shape index (κ1) is 19.3. The molecule has 138 valence electrons. The van der Waals surface area contributed by atoms with Crippen molar-refractivity contribution in [2.45, 2.75) is 11.3 Å². The first-order chi connectivity index (χ1) is 12.2. The summed E-state index contributed by atoms with van der Waals surface area (Å²) in [4.78, 5) is 22.1. The molecule has 0 saturated carbocycles. The van der Waals surface area contributed by atoms with Crippen LogP contribution in [0.3, 0.4) is 0 Å². The second kappa shape index (κ2) is 7.91. The maximum Gasteiger partial charge on any atom is 0.273 e. The average Bonchev–Trinajstić information content (AvgIpc) is 2.60. The van der Waals surface area contributed by atoms with E-state index < -0.39 is 32.2 Å². The minimum atomic E-state index is -3.75. The summed E-state index contributed by atoms with van der Waals surface area (Å²) in [5, 5.41) is 13.2. The number of hydrogen-bond donors (Lipinski definition) is 1. The Balaban J connectivity index is 2.05. The molecular formula is C16H15FN2O6S. The fraction of sp³-hybridized carbons (Fsp3) is 0.188. The number of nitro groups is 1. The topological polar surface area (TPSA) is 116 Å². The van der Waals surface area contributed by atoms with E-state index in [0.29, 0.717) is 0 Å². The van der Waals surface area contributed by atoms with Gasteiger partial charge in [-0.25, -0.2) is 12.8 Å². The first-order valence-corrected chi connectivity index (χ1v) is 8.99. The molecule has 1 N–H and O–H groups in total. The van der Waals surface area contributed by atoms with E-state index in [2.05, 4.69) is 5.32 Å². The summed E-state index contributed by atoms with van der Waals surface area (Å²) >= 11 is 0. The van der Waals surface area contributed by atoms with Gasteiger partial charge in [-0.3, -0.25) is 14.9 Å². The fourth-order valence-corrected chi connectivity index (χ4v) is 3.34. The molecule has 0 aliphatic rings. The third-order valence-electron chi connectivity index (χ3n) is 3.44. The van der Waals surface area contributed by atoms with Gasteiger partial charge in [-0.15, -0.1) is 0 Å². The van der Waals surface area contributed by atoms with Crippen molar-refractivity contribution in [1.82, 2.24) is 0 Å². The van der Waals surface area contributed by atoms with E-state index in [1.54, 1.807) is 0 Å². The Hall–Kier alpha value is -3.01. The van der Waals surface area contributed by atoms with Gasteiger partial charge in [0.25, 0.3) is 5.69 Å². The number of benzene rings is 2. The number of methoxy groups -OCH3 is 1. The number of carbonyl (C=O) groups excluding carboxylic acids is 1. The van der Waals surface area contributed by atoms with Gasteiger partial charge in [-0.1, -0.05) is 0 Å². The number of amides is 1. The Labute approximate surface area is 148 Å². The predicted molar refractivity (Wildman–Crippen MR) is 91.3 cm³/mol. The van der Waals surface area contributed by atoms with Crippen LogP contribution in [0.5, 0.6) is 5.75 Å². The van der Waals surface area contributed by atoms with Gasteiger partial charge in [0.2, 0.25) is 5.91 Å². The predicted octanol–water partition coefficient (Wildman–Crippen LogP) is 2.55. The largest absolute Gasteiger partial charge is 0.494 e. The normalized spacial score (nSPS) is 11.0. The molecule has 0 aromatic heterocycles. The van der Waals surface area contributed by atoms with Crippen LogP contribution in [-0.2, 0) is 14.6 Å². The molecule has 0 bridgehead atoms. The van der Waals surface area contributed by atoms with Gasteiger partial charge < -0.3 is 10.1 Å². The van der Waals surface area contributed by atoms with E-state index in [0.717, 1.165) is 30.3 Å². The minimum Gasteiger partial charge on any atom is -0.494 e. The summed E-state index contributed by atoms with van der Waals surface area (Å²) in [5.41, 5.74) is -0.0268. The van der Waals surface area contributed by atoms with E-state index in [9.17, 15) is 27.7 Å². The average molecular weight is 382 g/mol. The summed E-state index contributed by atoms with van der Waals surface area (Å²) in [6.45, 7) is 0. The number of nitro benzene ring substituents is 1. The van der Waals surface area contributed by atoms with Crippen LogP contribution < -0.4 is 10.1 Å². The molecule has 0 heterocycles. The van der Waals surface area contributed by atoms with E-state index >= 15 is 0 Å². The molecule has 0 unspecified atom stereocenters. The van der Waals surface area contributed by atoms with Crippen molar-refractivity contribution in [2.75, 3.05) is 18.2 Å². The van der Waals surface area contributed by atoms with Crippen LogP contribution in [0.4, 0.5) is 15.8 Å². The van der Waals surface area contributed by atoms with Crippen molar-refractivity contribution in [3.05, 3.63) is 58.4 Å². The zero-order chi connectivity index (χ0) is 19.3. The number of rotatable bonds is 7. The highest BCUT2D eigenvalue weighted by molar-refractivity contribution is 7.91. The Bertz CT molecular complexity index is 928. The summed E-state index contributed by atoms with van der Waals surface area (Å²) in [5.74, 6) is -1.57. The van der Waals surface area contributed by atoms with E-state index in [-0.39, 0.29) is 28.4 Å². The Kier molecular flexibility index (Phi) is 5.88. The van der Waals surface area contributed by atoms with Crippen molar-refractivity contribution < 1.29 is 27.3 Å². The monoisotopic (exact) mass is 382 g/mol. The molecular weight excluding hydrogens is 367 g/mol. The second-order valence-electron chi connectivity index (χ2n) is 5.21. The highest BCUT2D eigenvalue weighted by atomic mass is 32.2. The smallest absolute Gasteiger partial charge is 0.273 e. The van der Waals surface area contributed by atoms with Gasteiger partial charge >= 0.3 is 0 Å². The zero-order valence-electron chi connectivity index (χ0n) is 13.6. The molecule has 0 radical (unpaired) electrons. The number of carbonyl (C=O) groups is 1. The van der Waals surface area contributed by atoms with Gasteiger partial charge in [0.05, 0.1) is 34.4 Å². The Morgan fingerprint density at radius 1 is 1.23 bits per heavy atom. The molecule has 0 atom stereocenters. The third kappa shape index (κ3) is 4.76. The number of hydrogen-bond acceptors (Lipinski definition) is 6. The van der Waals surface area contributed by atoms with Gasteiger partial charge in [-0.05, 0) is 30.3 Å². The van der Waals surface area contributed by atoms with Crippen LogP contribution in [0.25, 0.3) is 0 Å². The highest BCUT2D eigenvalue weighted by Gasteiger charge is 2.18. The molecule has 26 heavy (non-hydrogen) atoms. The Morgan fingerprint density at radius 2 is 1.88 bits per heavy atom. The van der Waals surface area contributed by atoms with Gasteiger partial charge in [0, 0.05) is 12.5 Å². The highest BCUT2D eigenvalue weighted by Crippen LogP contribution is 2.29. The zero-order valence-corrected chi connectivity index (χ0v) is 14.5. The lowest BCUT2D eigenvalue weighted by Crippen LogP contribution is -2.18. The van der Waals surface area contributed by atoms with Crippen LogP contribution in [0.1, 0.15) is 6.42 Å². The number of nitrogens with zero attached hydrogens (tertiary/aromatic N) is 1. The van der Waals surface area contributed by atoms with E-state index in [1.807, 2.05) is 0 Å². The molecule has 1 amide bonds. The maximum atomic E-state index is 12.9. The molecule has 0 aliphatic heterocycles. The summed E-state index contributed by atoms with van der Waals surface area (Å²) < 4.78 is 42.1. The van der Waals surface area contributed by atoms with Crippen molar-refractivity contribution in [3.63, 3.8) is 0 Å². The van der Waals surface area contributed by atoms with Gasteiger partial charge in [-0.2, -0.15) is 0 Å². The lowest BCUT2D eigenvalue weighted by molar-refractivity contribution is -0.384. The first-order valence-electron chi connectivity index (χ1n) is 7.33. The number of halogens is 1. The van der Waals surface area contributed by atoms with E-state index in [4.69, 9.17) is 4.74 Å². The lowest BCUT2D eigenvalue weighted by Gasteiger charge is -2.10. The number of ether oxygens (including phenoxy) is 1. The Morgan fingerprint density at radius 3 is 2.46 bits per heavy atom. The molecule has 8 nitrogen and oxygen atoms in total. The van der Waals surface area contributed by atoms with Crippen molar-refractivity contribution in [1.29, 1.82) is 0 Å². The van der Waals surface area contributed by atoms with Gasteiger partial charge in [0.15, 0.2) is 9.84 Å². The lowest BCUT2D eigenvalue weighted by atomic mass is 10.2. The van der Waals surface area contributed by atoms with Crippen molar-refractivity contribution in [2.24, 2.45) is 0 Å². The molecule has 2 aromatic rings. The van der Waals surface area contributed by atoms with Gasteiger partial charge in [0.1, 0.15) is 11.6 Å². The van der Waals surface area contributed by atoms with Crippen molar-refractivity contribution >= 4 is 27.1 Å². The number of nitrogens with one attached hydrogen (secondary N) is 1. The fourth-order valence-electron chi connectivity index (χ4n) is 2.10. The number of sulfone groups is 1. The molecule has 0 saturated heterocycles. The standard InChI is InChI=1S/C16H15FN2O6S/c1-25-15-10-12(19(21)22)4-7-14(15)18-16(20)8-9-26(23,24)13-5-2-11(17)3-6-13/h2-7,10H,8-9H2,1H3,(H,18,20). The molecule has 10 heteroatoms.